The molecule has 0 aliphatic heterocycles. The number of carboxylic acid groups (broad SMARTS) is 1. The van der Waals surface area contributed by atoms with Crippen molar-refractivity contribution < 1.29 is 38.8 Å². The molecule has 4 rings (SSSR count). The molecule has 2 aromatic heterocycles. The smallest absolute Gasteiger partial charge is 0.426 e. The highest BCUT2D eigenvalue weighted by Gasteiger charge is 2.19. The number of carboxylic acids is 1. The molecule has 0 aliphatic carbocycles. The van der Waals surface area contributed by atoms with Crippen LogP contribution in [-0.2, 0) is 4.74 Å². The Labute approximate surface area is 221 Å². The van der Waals surface area contributed by atoms with Crippen LogP contribution < -0.4 is 10.9 Å². The van der Waals surface area contributed by atoms with E-state index in [4.69, 9.17) is 20.0 Å². The van der Waals surface area contributed by atoms with E-state index in [1.165, 1.54) is 0 Å². The van der Waals surface area contributed by atoms with E-state index < -0.39 is 30.7 Å². The third-order valence-corrected chi connectivity index (χ3v) is 5.31. The summed E-state index contributed by atoms with van der Waals surface area (Å²) in [6.07, 6.45) is -0.732. The molecule has 38 heavy (non-hydrogen) atoms. The molecule has 9 nitrogen and oxygen atoms in total. The standard InChI is InChI=1S/C16H20N2O4.C11H10O3.CH3F/c1-9-6-7-10(2)13-11(9)8-12(21-13)14(19)17-18-15(20)22-16(3,4)5;1-6-3-4-7(2)10-8(6)5-9(14-10)11(12)13;1-2/h6-8H,1-5H3,(H,17,19)(H,18,20);3-5H,1-2H3,(H,12,13);1H3/i;;1D. The Morgan fingerprint density at radius 1 is 0.842 bits per heavy atom. The number of rotatable bonds is 2. The van der Waals surface area contributed by atoms with Crippen LogP contribution in [0.3, 0.4) is 0 Å². The number of amides is 2. The Hall–Kier alpha value is -4.34. The number of halogens is 1. The summed E-state index contributed by atoms with van der Waals surface area (Å²) in [5, 5.41) is 10.5. The molecule has 0 saturated carbocycles. The summed E-state index contributed by atoms with van der Waals surface area (Å²) in [6.45, 7) is 12.9. The van der Waals surface area contributed by atoms with Crippen molar-refractivity contribution in [3.8, 4) is 0 Å². The molecule has 10 heteroatoms. The molecule has 0 unspecified atom stereocenters. The number of aryl methyl sites for hydroxylation is 4. The van der Waals surface area contributed by atoms with Gasteiger partial charge in [-0.25, -0.2) is 15.0 Å². The van der Waals surface area contributed by atoms with Gasteiger partial charge in [0.2, 0.25) is 5.76 Å². The minimum Gasteiger partial charge on any atom is -0.475 e. The average Bonchev–Trinajstić information content (AvgIpc) is 3.49. The summed E-state index contributed by atoms with van der Waals surface area (Å²) in [5.74, 6) is -1.44. The minimum absolute atomic E-state index is 0.00241. The topological polar surface area (TPSA) is 131 Å². The molecule has 0 spiro atoms. The number of alkyl halides is 1. The Bertz CT molecular complexity index is 1410. The number of ether oxygens (including phenoxy) is 1. The summed E-state index contributed by atoms with van der Waals surface area (Å²) in [7, 11) is -1.00. The van der Waals surface area contributed by atoms with Crippen LogP contribution in [0.4, 0.5) is 9.18 Å². The first-order chi connectivity index (χ1) is 18.2. The summed E-state index contributed by atoms with van der Waals surface area (Å²) in [6, 6.07) is 11.0. The van der Waals surface area contributed by atoms with Crippen molar-refractivity contribution in [2.75, 3.05) is 7.15 Å². The maximum atomic E-state index is 12.0. The van der Waals surface area contributed by atoms with Crippen molar-refractivity contribution >= 4 is 39.9 Å². The van der Waals surface area contributed by atoms with Gasteiger partial charge in [-0.05, 0) is 82.9 Å². The number of hydrazine groups is 1. The summed E-state index contributed by atoms with van der Waals surface area (Å²) in [4.78, 5) is 34.2. The van der Waals surface area contributed by atoms with Crippen molar-refractivity contribution in [2.45, 2.75) is 54.1 Å². The first-order valence-electron chi connectivity index (χ1n) is 12.3. The van der Waals surface area contributed by atoms with Crippen LogP contribution in [0.1, 0.15) is 65.5 Å². The zero-order valence-electron chi connectivity index (χ0n) is 23.4. The van der Waals surface area contributed by atoms with E-state index in [1.807, 2.05) is 52.0 Å². The van der Waals surface area contributed by atoms with Gasteiger partial charge in [-0.15, -0.1) is 0 Å². The van der Waals surface area contributed by atoms with E-state index in [0.29, 0.717) is 11.2 Å². The number of benzene rings is 2. The number of aromatic carboxylic acids is 1. The van der Waals surface area contributed by atoms with E-state index in [1.54, 1.807) is 32.9 Å². The Kier molecular flexibility index (Phi) is 9.11. The second-order valence-corrected chi connectivity index (χ2v) is 9.49. The zero-order chi connectivity index (χ0) is 29.5. The molecular formula is C28H33FN2O7. The normalized spacial score (nSPS) is 11.0. The van der Waals surface area contributed by atoms with E-state index in [2.05, 4.69) is 10.9 Å². The lowest BCUT2D eigenvalue weighted by Gasteiger charge is -2.19. The fourth-order valence-corrected chi connectivity index (χ4v) is 3.47. The number of hydrogen-bond donors (Lipinski definition) is 3. The number of nitrogens with one attached hydrogen (secondary N) is 2. The monoisotopic (exact) mass is 529 g/mol. The lowest BCUT2D eigenvalue weighted by atomic mass is 10.1. The van der Waals surface area contributed by atoms with Gasteiger partial charge in [-0.1, -0.05) is 24.3 Å². The Balaban J connectivity index is 0.000000268. The fraction of sp³-hybridized carbons (Fsp3) is 0.321. The van der Waals surface area contributed by atoms with Crippen LogP contribution in [0, 0.1) is 27.7 Å². The van der Waals surface area contributed by atoms with Gasteiger partial charge in [0.25, 0.3) is 0 Å². The van der Waals surface area contributed by atoms with Crippen LogP contribution in [0.5, 0.6) is 0 Å². The van der Waals surface area contributed by atoms with Crippen LogP contribution in [0.2, 0.25) is 0 Å². The van der Waals surface area contributed by atoms with Crippen molar-refractivity contribution in [2.24, 2.45) is 0 Å². The molecular weight excluding hydrogens is 495 g/mol. The van der Waals surface area contributed by atoms with E-state index in [9.17, 15) is 18.8 Å². The molecule has 0 atom stereocenters. The number of furan rings is 2. The zero-order valence-corrected chi connectivity index (χ0v) is 22.4. The average molecular weight is 530 g/mol. The first-order valence-corrected chi connectivity index (χ1v) is 11.6. The van der Waals surface area contributed by atoms with Gasteiger partial charge >= 0.3 is 18.0 Å². The molecule has 2 aromatic carbocycles. The van der Waals surface area contributed by atoms with E-state index >= 15 is 0 Å². The molecule has 2 amide bonds. The molecule has 3 N–H and O–H groups in total. The summed E-state index contributed by atoms with van der Waals surface area (Å²) in [5.41, 5.74) is 9.10. The van der Waals surface area contributed by atoms with Crippen molar-refractivity contribution in [1.29, 1.82) is 0 Å². The van der Waals surface area contributed by atoms with Gasteiger partial charge < -0.3 is 18.7 Å². The lowest BCUT2D eigenvalue weighted by Crippen LogP contribution is -2.44. The maximum Gasteiger partial charge on any atom is 0.426 e. The van der Waals surface area contributed by atoms with Gasteiger partial charge in [0.1, 0.15) is 16.8 Å². The molecule has 4 aromatic rings. The second-order valence-electron chi connectivity index (χ2n) is 9.49. The highest BCUT2D eigenvalue weighted by atomic mass is 19.1. The van der Waals surface area contributed by atoms with Gasteiger partial charge in [0, 0.05) is 10.8 Å². The molecule has 2 heterocycles. The van der Waals surface area contributed by atoms with E-state index in [0.717, 1.165) is 33.0 Å². The number of carbonyl (C=O) groups excluding carboxylic acids is 2. The number of carbonyl (C=O) groups is 3. The van der Waals surface area contributed by atoms with Crippen molar-refractivity contribution in [3.05, 3.63) is 70.2 Å². The SMILES string of the molecule is Cc1ccc(C)c2oc(C(=O)NNC(=O)OC(C)(C)C)cc12.Cc1ccc(C)c2oc(C(=O)O)cc12.[2H]CF. The van der Waals surface area contributed by atoms with Crippen LogP contribution in [-0.4, -0.2) is 35.8 Å². The molecule has 0 aliphatic rings. The molecule has 0 fully saturated rings. The van der Waals surface area contributed by atoms with E-state index in [-0.39, 0.29) is 11.5 Å². The Morgan fingerprint density at radius 3 is 1.68 bits per heavy atom. The van der Waals surface area contributed by atoms with Gasteiger partial charge in [0.15, 0.2) is 5.76 Å². The number of hydrogen-bond acceptors (Lipinski definition) is 6. The molecule has 204 valence electrons. The van der Waals surface area contributed by atoms with Crippen LogP contribution in [0.25, 0.3) is 21.9 Å². The second kappa shape index (κ2) is 12.3. The predicted molar refractivity (Wildman–Crippen MR) is 142 cm³/mol. The predicted octanol–water partition coefficient (Wildman–Crippen LogP) is 6.55. The lowest BCUT2D eigenvalue weighted by molar-refractivity contribution is 0.0480. The number of fused-ring (bicyclic) bond motifs is 2. The molecule has 0 radical (unpaired) electrons. The van der Waals surface area contributed by atoms with Crippen LogP contribution >= 0.6 is 0 Å². The van der Waals surface area contributed by atoms with Crippen molar-refractivity contribution in [3.63, 3.8) is 0 Å². The quantitative estimate of drug-likeness (QED) is 0.251. The first kappa shape index (κ1) is 28.2. The fourth-order valence-electron chi connectivity index (χ4n) is 3.47. The minimum atomic E-state index is -1.03. The molecule has 0 bridgehead atoms. The summed E-state index contributed by atoms with van der Waals surface area (Å²) < 4.78 is 31.3. The largest absolute Gasteiger partial charge is 0.475 e. The van der Waals surface area contributed by atoms with Gasteiger partial charge in [-0.2, -0.15) is 0 Å². The highest BCUT2D eigenvalue weighted by molar-refractivity contribution is 5.98. The molecule has 0 saturated heterocycles. The van der Waals surface area contributed by atoms with Gasteiger partial charge in [-0.3, -0.25) is 14.6 Å². The summed E-state index contributed by atoms with van der Waals surface area (Å²) >= 11 is 0. The van der Waals surface area contributed by atoms with Crippen molar-refractivity contribution in [1.82, 2.24) is 10.9 Å². The maximum absolute atomic E-state index is 12.0. The van der Waals surface area contributed by atoms with Gasteiger partial charge in [0.05, 0.1) is 8.52 Å². The van der Waals surface area contributed by atoms with Crippen LogP contribution in [0.15, 0.2) is 45.2 Å². The highest BCUT2D eigenvalue weighted by Crippen LogP contribution is 2.26. The third-order valence-electron chi connectivity index (χ3n) is 5.31. The Morgan fingerprint density at radius 2 is 1.26 bits per heavy atom. The third kappa shape index (κ3) is 7.34.